The molecule has 11 nitrogen and oxygen atoms in total. The number of likely N-dealkylation sites (tertiary alicyclic amines) is 1. The summed E-state index contributed by atoms with van der Waals surface area (Å²) >= 11 is 3.32. The molecule has 0 radical (unpaired) electrons. The van der Waals surface area contributed by atoms with E-state index in [-0.39, 0.29) is 36.8 Å². The summed E-state index contributed by atoms with van der Waals surface area (Å²) in [6.45, 7) is 2.12. The Morgan fingerprint density at radius 3 is 2.83 bits per heavy atom. The normalized spacial score (nSPS) is 19.6. The molecule has 2 amide bonds. The predicted molar refractivity (Wildman–Crippen MR) is 152 cm³/mol. The number of carbonyl (C=O) groups excluding carboxylic acids is 3. The number of ether oxygens (including phenoxy) is 1. The number of hydrogen-bond donors (Lipinski definition) is 2. The number of anilines is 2. The zero-order valence-corrected chi connectivity index (χ0v) is 23.4. The molecule has 3 atom stereocenters. The van der Waals surface area contributed by atoms with Crippen LogP contribution in [-0.2, 0) is 32.1 Å². The van der Waals surface area contributed by atoms with Crippen molar-refractivity contribution in [1.29, 1.82) is 0 Å². The number of nitrogens with zero attached hydrogens (tertiary/aromatic N) is 5. The van der Waals surface area contributed by atoms with Crippen LogP contribution in [0.5, 0.6) is 0 Å². The summed E-state index contributed by atoms with van der Waals surface area (Å²) in [6, 6.07) is 10.6. The highest BCUT2D eigenvalue weighted by Crippen LogP contribution is 2.48. The Kier molecular flexibility index (Phi) is 6.87. The highest BCUT2D eigenvalue weighted by atomic mass is 79.9. The second-order valence-corrected chi connectivity index (χ2v) is 11.0. The fourth-order valence-electron chi connectivity index (χ4n) is 5.73. The summed E-state index contributed by atoms with van der Waals surface area (Å²) in [5.74, 6) is 0.414. The number of hydrogen-bond acceptors (Lipinski definition) is 8. The summed E-state index contributed by atoms with van der Waals surface area (Å²) in [6.07, 6.45) is 3.68. The van der Waals surface area contributed by atoms with Crippen LogP contribution in [0.2, 0.25) is 0 Å². The highest BCUT2D eigenvalue weighted by Gasteiger charge is 2.56. The number of pyridine rings is 1. The molecule has 40 heavy (non-hydrogen) atoms. The number of carbonyl (C=O) groups is 3. The minimum Gasteiger partial charge on any atom is -0.466 e. The van der Waals surface area contributed by atoms with Crippen molar-refractivity contribution in [1.82, 2.24) is 24.4 Å². The van der Waals surface area contributed by atoms with Crippen molar-refractivity contribution >= 4 is 67.3 Å². The van der Waals surface area contributed by atoms with Crippen molar-refractivity contribution in [2.75, 3.05) is 17.7 Å². The van der Waals surface area contributed by atoms with Gasteiger partial charge in [0.1, 0.15) is 40.8 Å². The van der Waals surface area contributed by atoms with E-state index in [2.05, 4.69) is 36.2 Å². The van der Waals surface area contributed by atoms with E-state index in [1.54, 1.807) is 30.0 Å². The lowest BCUT2D eigenvalue weighted by atomic mass is 10.1. The maximum absolute atomic E-state index is 13.8. The van der Waals surface area contributed by atoms with Gasteiger partial charge in [0.15, 0.2) is 0 Å². The van der Waals surface area contributed by atoms with Crippen LogP contribution in [0.4, 0.5) is 11.6 Å². The summed E-state index contributed by atoms with van der Waals surface area (Å²) in [4.78, 5) is 53.6. The van der Waals surface area contributed by atoms with Crippen LogP contribution in [0.25, 0.3) is 21.9 Å². The van der Waals surface area contributed by atoms with Gasteiger partial charge >= 0.3 is 5.97 Å². The minimum atomic E-state index is -0.570. The number of esters is 1. The van der Waals surface area contributed by atoms with E-state index in [4.69, 9.17) is 10.5 Å². The van der Waals surface area contributed by atoms with Crippen LogP contribution in [0, 0.1) is 5.92 Å². The molecule has 4 heterocycles. The molecule has 0 bridgehead atoms. The van der Waals surface area contributed by atoms with Crippen molar-refractivity contribution in [2.45, 2.75) is 51.2 Å². The summed E-state index contributed by atoms with van der Waals surface area (Å²) < 4.78 is 7.50. The number of aryl methyl sites for hydroxylation is 1. The quantitative estimate of drug-likeness (QED) is 0.229. The van der Waals surface area contributed by atoms with E-state index in [1.165, 1.54) is 6.33 Å². The average molecular weight is 606 g/mol. The maximum atomic E-state index is 13.8. The van der Waals surface area contributed by atoms with Crippen LogP contribution in [0.1, 0.15) is 31.7 Å². The van der Waals surface area contributed by atoms with Gasteiger partial charge in [0, 0.05) is 17.8 Å². The van der Waals surface area contributed by atoms with Gasteiger partial charge in [-0.25, -0.2) is 15.0 Å². The van der Waals surface area contributed by atoms with E-state index >= 15 is 0 Å². The highest BCUT2D eigenvalue weighted by molar-refractivity contribution is 9.10. The van der Waals surface area contributed by atoms with Crippen LogP contribution >= 0.6 is 15.9 Å². The Hall–Kier alpha value is -4.06. The lowest BCUT2D eigenvalue weighted by Gasteiger charge is -2.27. The monoisotopic (exact) mass is 605 g/mol. The number of piperidine rings is 1. The van der Waals surface area contributed by atoms with Crippen LogP contribution < -0.4 is 11.1 Å². The molecule has 3 N–H and O–H groups in total. The van der Waals surface area contributed by atoms with Crippen molar-refractivity contribution in [3.8, 4) is 0 Å². The Labute approximate surface area is 238 Å². The van der Waals surface area contributed by atoms with E-state index in [0.717, 1.165) is 22.9 Å². The minimum absolute atomic E-state index is 0.000755. The third kappa shape index (κ3) is 4.87. The molecule has 1 saturated heterocycles. The molecule has 1 aromatic carbocycles. The summed E-state index contributed by atoms with van der Waals surface area (Å²) in [7, 11) is 0. The molecule has 4 aromatic rings. The SMILES string of the molecule is CCOC(=O)CCc1ccc2c(c1)c1c(N)ncnc1n2CC(=O)N1[C@@H]2C[C@@H]2C[C@H]1C(=O)Nc1cccc(Br)n1. The van der Waals surface area contributed by atoms with Crippen molar-refractivity contribution in [3.05, 3.63) is 52.9 Å². The standard InChI is InChI=1S/C28H28BrN7O4/c1-2-40-24(38)9-7-15-6-8-18-17(10-15)25-26(30)31-14-32-27(25)35(18)13-23(37)36-19-11-16(19)12-20(36)28(39)34-22-5-3-4-21(29)33-22/h3-6,8,10,14,16,19-20H,2,7,9,11-13H2,1H3,(H2,30,31,32)(H,33,34,39)/t16-,19-,20+/m1/s1. The van der Waals surface area contributed by atoms with Gasteiger partial charge in [0.05, 0.1) is 17.5 Å². The number of amides is 2. The first-order valence-corrected chi connectivity index (χ1v) is 14.0. The first-order valence-electron chi connectivity index (χ1n) is 13.3. The molecular formula is C28H28BrN7O4. The van der Waals surface area contributed by atoms with Gasteiger partial charge in [-0.3, -0.25) is 14.4 Å². The molecule has 0 unspecified atom stereocenters. The van der Waals surface area contributed by atoms with Gasteiger partial charge in [-0.2, -0.15) is 0 Å². The molecule has 206 valence electrons. The molecule has 1 saturated carbocycles. The number of nitrogens with one attached hydrogen (secondary N) is 1. The molecular weight excluding hydrogens is 578 g/mol. The van der Waals surface area contributed by atoms with E-state index in [9.17, 15) is 14.4 Å². The van der Waals surface area contributed by atoms with Gasteiger partial charge in [-0.15, -0.1) is 0 Å². The second-order valence-electron chi connectivity index (χ2n) is 10.2. The number of rotatable bonds is 8. The topological polar surface area (TPSA) is 145 Å². The van der Waals surface area contributed by atoms with Crippen molar-refractivity contribution < 1.29 is 19.1 Å². The fraction of sp³-hybridized carbons (Fsp3) is 0.357. The summed E-state index contributed by atoms with van der Waals surface area (Å²) in [5.41, 5.74) is 8.54. The maximum Gasteiger partial charge on any atom is 0.306 e. The lowest BCUT2D eigenvalue weighted by Crippen LogP contribution is -2.46. The number of nitrogens with two attached hydrogens (primary N) is 1. The third-order valence-corrected chi connectivity index (χ3v) is 8.05. The molecule has 3 aromatic heterocycles. The van der Waals surface area contributed by atoms with Crippen molar-refractivity contribution in [3.63, 3.8) is 0 Å². The second kappa shape index (κ2) is 10.5. The van der Waals surface area contributed by atoms with Gasteiger partial charge < -0.3 is 25.3 Å². The molecule has 1 aliphatic carbocycles. The van der Waals surface area contributed by atoms with E-state index in [1.807, 2.05) is 22.8 Å². The zero-order chi connectivity index (χ0) is 28.0. The van der Waals surface area contributed by atoms with Gasteiger partial charge in [0.25, 0.3) is 0 Å². The molecule has 12 heteroatoms. The smallest absolute Gasteiger partial charge is 0.306 e. The van der Waals surface area contributed by atoms with E-state index in [0.29, 0.717) is 52.6 Å². The molecule has 2 aliphatic rings. The van der Waals surface area contributed by atoms with Gasteiger partial charge in [0.2, 0.25) is 11.8 Å². The van der Waals surface area contributed by atoms with Gasteiger partial charge in [-0.1, -0.05) is 12.1 Å². The van der Waals surface area contributed by atoms with Crippen molar-refractivity contribution in [2.24, 2.45) is 5.92 Å². The zero-order valence-electron chi connectivity index (χ0n) is 21.8. The molecule has 6 rings (SSSR count). The largest absolute Gasteiger partial charge is 0.466 e. The average Bonchev–Trinajstić information content (AvgIpc) is 3.47. The predicted octanol–water partition coefficient (Wildman–Crippen LogP) is 3.45. The first kappa shape index (κ1) is 26.2. The van der Waals surface area contributed by atoms with Crippen LogP contribution in [-0.4, -0.2) is 60.9 Å². The summed E-state index contributed by atoms with van der Waals surface area (Å²) in [5, 5.41) is 4.32. The van der Waals surface area contributed by atoms with Crippen LogP contribution in [0.3, 0.4) is 0 Å². The Morgan fingerprint density at radius 1 is 1.18 bits per heavy atom. The fourth-order valence-corrected chi connectivity index (χ4v) is 6.08. The number of nitrogen functional groups attached to an aromatic ring is 1. The Bertz CT molecular complexity index is 1650. The van der Waals surface area contributed by atoms with Gasteiger partial charge in [-0.05, 0) is 77.9 Å². The number of aromatic nitrogens is 4. The lowest BCUT2D eigenvalue weighted by molar-refractivity contribution is -0.143. The van der Waals surface area contributed by atoms with E-state index < -0.39 is 6.04 Å². The Balaban J connectivity index is 1.28. The number of benzene rings is 1. The number of halogens is 1. The third-order valence-electron chi connectivity index (χ3n) is 7.61. The molecule has 2 fully saturated rings. The first-order chi connectivity index (χ1) is 19.3. The van der Waals surface area contributed by atoms with Crippen LogP contribution in [0.15, 0.2) is 47.3 Å². The molecule has 1 aliphatic heterocycles. The Morgan fingerprint density at radius 2 is 2.02 bits per heavy atom. The molecule has 0 spiro atoms. The number of fused-ring (bicyclic) bond motifs is 4.